The smallest absolute Gasteiger partial charge is 0.0859 e. The molecule has 0 amide bonds. The van der Waals surface area contributed by atoms with Gasteiger partial charge in [-0.15, -0.1) is 0 Å². The van der Waals surface area contributed by atoms with E-state index in [1.54, 1.807) is 0 Å². The summed E-state index contributed by atoms with van der Waals surface area (Å²) in [5.74, 6) is 0.866. The van der Waals surface area contributed by atoms with Crippen LogP contribution in [0.3, 0.4) is 0 Å². The van der Waals surface area contributed by atoms with E-state index in [0.717, 1.165) is 5.92 Å². The third kappa shape index (κ3) is 13.3. The van der Waals surface area contributed by atoms with Gasteiger partial charge in [0.05, 0.1) is 0 Å². The van der Waals surface area contributed by atoms with Gasteiger partial charge in [0.1, 0.15) is 0 Å². The Labute approximate surface area is 82.2 Å². The van der Waals surface area contributed by atoms with Gasteiger partial charge < -0.3 is 0 Å². The molecule has 11 heavy (non-hydrogen) atoms. The lowest BCUT2D eigenvalue weighted by Crippen LogP contribution is -1.85. The Morgan fingerprint density at radius 2 is 1.82 bits per heavy atom. The molecule has 0 aliphatic carbocycles. The first-order chi connectivity index (χ1) is 4.63. The quantitative estimate of drug-likeness (QED) is 0.345. The van der Waals surface area contributed by atoms with E-state index in [9.17, 15) is 0 Å². The molecule has 0 rings (SSSR count). The standard InChI is InChI=1S/C10H20.Al.3H/c1-9(2)7-5-6-8-10(3)4;;;;/h7,10H,5-6,8H2,1-4H3;;;;. The van der Waals surface area contributed by atoms with Crippen LogP contribution in [0, 0.1) is 5.92 Å². The van der Waals surface area contributed by atoms with Gasteiger partial charge >= 0.3 is 0 Å². The molecule has 0 fully saturated rings. The van der Waals surface area contributed by atoms with Gasteiger partial charge in [-0.3, -0.25) is 0 Å². The molecule has 0 heterocycles. The highest BCUT2D eigenvalue weighted by Crippen LogP contribution is 2.07. The molecule has 0 saturated heterocycles. The third-order valence-corrected chi connectivity index (χ3v) is 1.54. The second kappa shape index (κ2) is 8.37. The van der Waals surface area contributed by atoms with Gasteiger partial charge in [-0.1, -0.05) is 31.9 Å². The van der Waals surface area contributed by atoms with Crippen molar-refractivity contribution in [1.29, 1.82) is 0 Å². The zero-order chi connectivity index (χ0) is 7.98. The summed E-state index contributed by atoms with van der Waals surface area (Å²) in [6.45, 7) is 8.88. The van der Waals surface area contributed by atoms with Crippen LogP contribution >= 0.6 is 0 Å². The maximum absolute atomic E-state index is 2.32. The molecule has 0 aromatic carbocycles. The van der Waals surface area contributed by atoms with Crippen molar-refractivity contribution >= 4 is 17.4 Å². The Bertz CT molecular complexity index is 99.4. The Morgan fingerprint density at radius 3 is 2.18 bits per heavy atom. The van der Waals surface area contributed by atoms with E-state index in [-0.39, 0.29) is 17.4 Å². The van der Waals surface area contributed by atoms with E-state index >= 15 is 0 Å². The van der Waals surface area contributed by atoms with Crippen LogP contribution in [0.4, 0.5) is 0 Å². The van der Waals surface area contributed by atoms with Crippen LogP contribution in [0.2, 0.25) is 0 Å². The molecule has 0 atom stereocenters. The first-order valence-corrected chi connectivity index (χ1v) is 4.26. The Kier molecular flexibility index (Phi) is 10.5. The van der Waals surface area contributed by atoms with Crippen LogP contribution in [-0.4, -0.2) is 17.4 Å². The van der Waals surface area contributed by atoms with Gasteiger partial charge in [-0.2, -0.15) is 0 Å². The first-order valence-electron chi connectivity index (χ1n) is 4.26. The Morgan fingerprint density at radius 1 is 1.27 bits per heavy atom. The lowest BCUT2D eigenvalue weighted by atomic mass is 10.1. The van der Waals surface area contributed by atoms with Gasteiger partial charge in [0.25, 0.3) is 0 Å². The van der Waals surface area contributed by atoms with Gasteiger partial charge in [-0.25, -0.2) is 0 Å². The first kappa shape index (κ1) is 13.8. The zero-order valence-electron chi connectivity index (χ0n) is 7.78. The van der Waals surface area contributed by atoms with Crippen molar-refractivity contribution in [2.24, 2.45) is 5.92 Å². The van der Waals surface area contributed by atoms with Crippen molar-refractivity contribution in [1.82, 2.24) is 0 Å². The maximum Gasteiger partial charge on any atom is 0.187 e. The number of rotatable bonds is 4. The topological polar surface area (TPSA) is 0 Å². The summed E-state index contributed by atoms with van der Waals surface area (Å²) < 4.78 is 0. The maximum atomic E-state index is 2.32. The molecule has 0 N–H and O–H groups in total. The molecular formula is C10H23Al. The van der Waals surface area contributed by atoms with Crippen LogP contribution in [0.15, 0.2) is 11.6 Å². The number of hydrogen-bond acceptors (Lipinski definition) is 0. The lowest BCUT2D eigenvalue weighted by Gasteiger charge is -2.00. The second-order valence-corrected chi connectivity index (χ2v) is 3.61. The fourth-order valence-electron chi connectivity index (χ4n) is 0.917. The minimum atomic E-state index is 0. The highest BCUT2D eigenvalue weighted by molar-refractivity contribution is 5.75. The van der Waals surface area contributed by atoms with E-state index in [1.807, 2.05) is 0 Å². The molecule has 0 radical (unpaired) electrons. The monoisotopic (exact) mass is 170 g/mol. The molecule has 66 valence electrons. The van der Waals surface area contributed by atoms with Crippen LogP contribution < -0.4 is 0 Å². The SMILES string of the molecule is CC(C)=CCCCC(C)C.[AlH3]. The average Bonchev–Trinajstić information content (AvgIpc) is 1.79. The minimum Gasteiger partial charge on any atom is -0.0859 e. The van der Waals surface area contributed by atoms with Crippen molar-refractivity contribution < 1.29 is 0 Å². The van der Waals surface area contributed by atoms with E-state index in [2.05, 4.69) is 33.8 Å². The zero-order valence-corrected chi connectivity index (χ0v) is 7.78. The number of hydrogen-bond donors (Lipinski definition) is 0. The van der Waals surface area contributed by atoms with Crippen LogP contribution in [0.5, 0.6) is 0 Å². The fraction of sp³-hybridized carbons (Fsp3) is 0.800. The van der Waals surface area contributed by atoms with E-state index < -0.39 is 0 Å². The fourth-order valence-corrected chi connectivity index (χ4v) is 0.917. The van der Waals surface area contributed by atoms with E-state index in [1.165, 1.54) is 24.8 Å². The summed E-state index contributed by atoms with van der Waals surface area (Å²) in [6.07, 6.45) is 6.30. The van der Waals surface area contributed by atoms with Crippen LogP contribution in [0.1, 0.15) is 47.0 Å². The van der Waals surface area contributed by atoms with Crippen molar-refractivity contribution in [2.45, 2.75) is 47.0 Å². The molecular weight excluding hydrogens is 147 g/mol. The molecule has 0 saturated carbocycles. The average molecular weight is 170 g/mol. The molecule has 0 aliphatic rings. The molecule has 0 unspecified atom stereocenters. The van der Waals surface area contributed by atoms with E-state index in [4.69, 9.17) is 0 Å². The largest absolute Gasteiger partial charge is 0.187 e. The van der Waals surface area contributed by atoms with Crippen molar-refractivity contribution in [3.05, 3.63) is 11.6 Å². The predicted molar refractivity (Wildman–Crippen MR) is 58.1 cm³/mol. The normalized spacial score (nSPS) is 9.18. The lowest BCUT2D eigenvalue weighted by molar-refractivity contribution is 0.559. The molecule has 0 nitrogen and oxygen atoms in total. The highest BCUT2D eigenvalue weighted by Gasteiger charge is 1.90. The van der Waals surface area contributed by atoms with Gasteiger partial charge in [-0.05, 0) is 32.6 Å². The molecule has 0 aliphatic heterocycles. The highest BCUT2D eigenvalue weighted by atomic mass is 27.0. The summed E-state index contributed by atoms with van der Waals surface area (Å²) in [7, 11) is 0. The van der Waals surface area contributed by atoms with Crippen LogP contribution in [-0.2, 0) is 0 Å². The van der Waals surface area contributed by atoms with Crippen LogP contribution in [0.25, 0.3) is 0 Å². The summed E-state index contributed by atoms with van der Waals surface area (Å²) >= 11 is 0. The molecule has 0 aromatic rings. The van der Waals surface area contributed by atoms with Gasteiger partial charge in [0.2, 0.25) is 0 Å². The van der Waals surface area contributed by atoms with Crippen molar-refractivity contribution in [2.75, 3.05) is 0 Å². The Balaban J connectivity index is 0. The number of allylic oxidation sites excluding steroid dienone is 2. The molecule has 1 heteroatoms. The summed E-state index contributed by atoms with van der Waals surface area (Å²) in [6, 6.07) is 0. The third-order valence-electron chi connectivity index (χ3n) is 1.54. The number of unbranched alkanes of at least 4 members (excludes halogenated alkanes) is 1. The Hall–Kier alpha value is 0.272. The van der Waals surface area contributed by atoms with E-state index in [0.29, 0.717) is 0 Å². The minimum absolute atomic E-state index is 0. The van der Waals surface area contributed by atoms with Gasteiger partial charge in [0, 0.05) is 0 Å². The molecule has 0 aromatic heterocycles. The summed E-state index contributed by atoms with van der Waals surface area (Å²) in [5, 5.41) is 0. The predicted octanol–water partition coefficient (Wildman–Crippen LogP) is 2.60. The van der Waals surface area contributed by atoms with Gasteiger partial charge in [0.15, 0.2) is 17.4 Å². The molecule has 0 spiro atoms. The van der Waals surface area contributed by atoms with Crippen molar-refractivity contribution in [3.63, 3.8) is 0 Å². The second-order valence-electron chi connectivity index (χ2n) is 3.61. The summed E-state index contributed by atoms with van der Waals surface area (Å²) in [5.41, 5.74) is 1.45. The molecule has 0 bridgehead atoms. The van der Waals surface area contributed by atoms with Crippen molar-refractivity contribution in [3.8, 4) is 0 Å². The summed E-state index contributed by atoms with van der Waals surface area (Å²) in [4.78, 5) is 0.